The minimum atomic E-state index is 0.298. The molecule has 2 aromatic carbocycles. The van der Waals surface area contributed by atoms with Gasteiger partial charge in [-0.1, -0.05) is 38.1 Å². The molecule has 0 aliphatic heterocycles. The summed E-state index contributed by atoms with van der Waals surface area (Å²) in [7, 11) is 2.04. The van der Waals surface area contributed by atoms with Crippen molar-refractivity contribution in [2.45, 2.75) is 19.8 Å². The SMILES string of the molecule is CC(C)c1nc2cc(O)c3ccccc3c2n1C. The van der Waals surface area contributed by atoms with Crippen LogP contribution in [0.2, 0.25) is 0 Å². The van der Waals surface area contributed by atoms with Gasteiger partial charge in [0.15, 0.2) is 0 Å². The van der Waals surface area contributed by atoms with Gasteiger partial charge >= 0.3 is 0 Å². The fourth-order valence-corrected chi connectivity index (χ4v) is 2.59. The highest BCUT2D eigenvalue weighted by molar-refractivity contribution is 6.07. The van der Waals surface area contributed by atoms with Gasteiger partial charge in [0.05, 0.1) is 11.0 Å². The van der Waals surface area contributed by atoms with E-state index >= 15 is 0 Å². The first-order valence-electron chi connectivity index (χ1n) is 6.16. The standard InChI is InChI=1S/C15H16N2O/c1-9(2)15-16-12-8-13(18)10-6-4-5-7-11(10)14(12)17(15)3/h4-9,18H,1-3H3. The van der Waals surface area contributed by atoms with Crippen LogP contribution in [-0.2, 0) is 7.05 Å². The summed E-state index contributed by atoms with van der Waals surface area (Å²) in [6.07, 6.45) is 0. The lowest BCUT2D eigenvalue weighted by atomic mass is 10.1. The van der Waals surface area contributed by atoms with E-state index in [-0.39, 0.29) is 0 Å². The molecule has 3 aromatic rings. The number of hydrogen-bond donors (Lipinski definition) is 1. The monoisotopic (exact) mass is 240 g/mol. The molecule has 18 heavy (non-hydrogen) atoms. The van der Waals surface area contributed by atoms with Crippen LogP contribution in [0.4, 0.5) is 0 Å². The molecule has 0 spiro atoms. The maximum Gasteiger partial charge on any atom is 0.125 e. The van der Waals surface area contributed by atoms with Gasteiger partial charge in [-0.05, 0) is 0 Å². The lowest BCUT2D eigenvalue weighted by molar-refractivity contribution is 0.482. The molecule has 1 aromatic heterocycles. The Morgan fingerprint density at radius 3 is 2.50 bits per heavy atom. The number of aromatic nitrogens is 2. The second kappa shape index (κ2) is 3.73. The summed E-state index contributed by atoms with van der Waals surface area (Å²) in [6.45, 7) is 4.26. The molecule has 3 rings (SSSR count). The van der Waals surface area contributed by atoms with Crippen molar-refractivity contribution < 1.29 is 5.11 Å². The number of imidazole rings is 1. The largest absolute Gasteiger partial charge is 0.507 e. The van der Waals surface area contributed by atoms with Crippen LogP contribution in [0.3, 0.4) is 0 Å². The quantitative estimate of drug-likeness (QED) is 0.706. The molecule has 0 atom stereocenters. The van der Waals surface area contributed by atoms with E-state index in [2.05, 4.69) is 23.4 Å². The first kappa shape index (κ1) is 11.1. The van der Waals surface area contributed by atoms with E-state index in [1.54, 1.807) is 6.07 Å². The van der Waals surface area contributed by atoms with Crippen molar-refractivity contribution in [1.29, 1.82) is 0 Å². The molecule has 0 fully saturated rings. The highest BCUT2D eigenvalue weighted by Crippen LogP contribution is 2.33. The van der Waals surface area contributed by atoms with Gasteiger partial charge in [0, 0.05) is 29.8 Å². The predicted octanol–water partition coefficient (Wildman–Crippen LogP) is 3.56. The molecule has 0 aliphatic carbocycles. The Bertz CT molecular complexity index is 741. The van der Waals surface area contributed by atoms with Crippen molar-refractivity contribution >= 4 is 21.8 Å². The molecule has 0 bridgehead atoms. The number of phenols is 1. The van der Waals surface area contributed by atoms with Gasteiger partial charge in [-0.25, -0.2) is 4.98 Å². The molecular weight excluding hydrogens is 224 g/mol. The van der Waals surface area contributed by atoms with Crippen molar-refractivity contribution in [1.82, 2.24) is 9.55 Å². The molecule has 0 unspecified atom stereocenters. The van der Waals surface area contributed by atoms with Crippen LogP contribution in [0, 0.1) is 0 Å². The Morgan fingerprint density at radius 1 is 1.17 bits per heavy atom. The smallest absolute Gasteiger partial charge is 0.125 e. The third-order valence-corrected chi connectivity index (χ3v) is 3.40. The van der Waals surface area contributed by atoms with E-state index in [9.17, 15) is 5.11 Å². The fraction of sp³-hybridized carbons (Fsp3) is 0.267. The second-order valence-electron chi connectivity index (χ2n) is 4.99. The van der Waals surface area contributed by atoms with Crippen molar-refractivity contribution in [3.05, 3.63) is 36.2 Å². The summed E-state index contributed by atoms with van der Waals surface area (Å²) in [6, 6.07) is 9.65. The summed E-state index contributed by atoms with van der Waals surface area (Å²) in [4.78, 5) is 4.63. The van der Waals surface area contributed by atoms with Crippen LogP contribution in [0.15, 0.2) is 30.3 Å². The Balaban J connectivity index is 2.53. The summed E-state index contributed by atoms with van der Waals surface area (Å²) >= 11 is 0. The lowest BCUT2D eigenvalue weighted by Gasteiger charge is -2.07. The van der Waals surface area contributed by atoms with Gasteiger partial charge < -0.3 is 9.67 Å². The molecule has 92 valence electrons. The number of nitrogens with zero attached hydrogens (tertiary/aromatic N) is 2. The van der Waals surface area contributed by atoms with Crippen LogP contribution in [-0.4, -0.2) is 14.7 Å². The van der Waals surface area contributed by atoms with Crippen molar-refractivity contribution in [2.75, 3.05) is 0 Å². The van der Waals surface area contributed by atoms with Crippen molar-refractivity contribution in [3.8, 4) is 5.75 Å². The number of benzene rings is 2. The number of fused-ring (bicyclic) bond motifs is 3. The Morgan fingerprint density at radius 2 is 1.83 bits per heavy atom. The first-order chi connectivity index (χ1) is 8.59. The van der Waals surface area contributed by atoms with Crippen molar-refractivity contribution in [2.24, 2.45) is 7.05 Å². The lowest BCUT2D eigenvalue weighted by Crippen LogP contribution is -1.99. The summed E-state index contributed by atoms with van der Waals surface area (Å²) in [5, 5.41) is 12.0. The van der Waals surface area contributed by atoms with E-state index in [4.69, 9.17) is 0 Å². The van der Waals surface area contributed by atoms with Crippen LogP contribution in [0.25, 0.3) is 21.8 Å². The van der Waals surface area contributed by atoms with Crippen LogP contribution in [0.5, 0.6) is 5.75 Å². The Kier molecular flexibility index (Phi) is 2.30. The average molecular weight is 240 g/mol. The molecule has 0 aliphatic rings. The van der Waals surface area contributed by atoms with Gasteiger partial charge in [-0.3, -0.25) is 0 Å². The fourth-order valence-electron chi connectivity index (χ4n) is 2.59. The molecule has 0 radical (unpaired) electrons. The number of aromatic hydroxyl groups is 1. The zero-order valence-electron chi connectivity index (χ0n) is 10.8. The van der Waals surface area contributed by atoms with E-state index in [1.165, 1.54) is 0 Å². The topological polar surface area (TPSA) is 38.1 Å². The number of hydrogen-bond acceptors (Lipinski definition) is 2. The molecule has 0 saturated heterocycles. The van der Waals surface area contributed by atoms with Crippen LogP contribution in [0.1, 0.15) is 25.6 Å². The third-order valence-electron chi connectivity index (χ3n) is 3.40. The van der Waals surface area contributed by atoms with Gasteiger partial charge in [0.2, 0.25) is 0 Å². The highest BCUT2D eigenvalue weighted by Gasteiger charge is 2.15. The van der Waals surface area contributed by atoms with Crippen LogP contribution >= 0.6 is 0 Å². The predicted molar refractivity (Wildman–Crippen MR) is 74.0 cm³/mol. The highest BCUT2D eigenvalue weighted by atomic mass is 16.3. The minimum Gasteiger partial charge on any atom is -0.507 e. The molecule has 3 nitrogen and oxygen atoms in total. The minimum absolute atomic E-state index is 0.298. The molecular formula is C15H16N2O. The first-order valence-corrected chi connectivity index (χ1v) is 6.16. The number of rotatable bonds is 1. The molecule has 0 amide bonds. The molecule has 1 N–H and O–H groups in total. The number of aryl methyl sites for hydroxylation is 1. The maximum absolute atomic E-state index is 10.1. The summed E-state index contributed by atoms with van der Waals surface area (Å²) in [5.74, 6) is 1.70. The number of phenolic OH excluding ortho intramolecular Hbond substituents is 1. The zero-order valence-corrected chi connectivity index (χ0v) is 10.8. The van der Waals surface area contributed by atoms with Gasteiger partial charge in [0.25, 0.3) is 0 Å². The molecule has 0 saturated carbocycles. The summed E-state index contributed by atoms with van der Waals surface area (Å²) < 4.78 is 2.13. The second-order valence-corrected chi connectivity index (χ2v) is 4.99. The third kappa shape index (κ3) is 1.40. The van der Waals surface area contributed by atoms with E-state index in [1.807, 2.05) is 31.3 Å². The zero-order chi connectivity index (χ0) is 12.9. The Hall–Kier alpha value is -2.03. The van der Waals surface area contributed by atoms with E-state index in [0.29, 0.717) is 11.7 Å². The maximum atomic E-state index is 10.1. The van der Waals surface area contributed by atoms with Gasteiger partial charge in [-0.15, -0.1) is 0 Å². The van der Waals surface area contributed by atoms with Crippen LogP contribution < -0.4 is 0 Å². The van der Waals surface area contributed by atoms with Crippen molar-refractivity contribution in [3.63, 3.8) is 0 Å². The Labute approximate surface area is 106 Å². The van der Waals surface area contributed by atoms with E-state index < -0.39 is 0 Å². The normalized spacial score (nSPS) is 11.8. The summed E-state index contributed by atoms with van der Waals surface area (Å²) in [5.41, 5.74) is 1.95. The van der Waals surface area contributed by atoms with Gasteiger partial charge in [0.1, 0.15) is 11.6 Å². The van der Waals surface area contributed by atoms with E-state index in [0.717, 1.165) is 27.6 Å². The molecule has 1 heterocycles. The average Bonchev–Trinajstić information content (AvgIpc) is 2.67. The molecule has 3 heteroatoms. The van der Waals surface area contributed by atoms with Gasteiger partial charge in [-0.2, -0.15) is 0 Å².